The van der Waals surface area contributed by atoms with Gasteiger partial charge in [-0.2, -0.15) is 0 Å². The number of aliphatic hydroxyl groups is 6. The zero-order valence-corrected chi connectivity index (χ0v) is 14.7. The van der Waals surface area contributed by atoms with Gasteiger partial charge in [-0.15, -0.1) is 11.8 Å². The fraction of sp³-hybridized carbons (Fsp3) is 1.00. The smallest absolute Gasteiger partial charge is 0.172 e. The molecule has 0 aromatic heterocycles. The molecule has 0 spiro atoms. The van der Waals surface area contributed by atoms with Crippen LogP contribution < -0.4 is 0 Å². The van der Waals surface area contributed by atoms with Crippen molar-refractivity contribution in [2.45, 2.75) is 59.7 Å². The number of methoxy groups -OCH3 is 2. The van der Waals surface area contributed by atoms with Crippen LogP contribution in [0.1, 0.15) is 0 Å². The summed E-state index contributed by atoms with van der Waals surface area (Å²) in [6, 6.07) is 0. The molecule has 6 N–H and O–H groups in total. The molecule has 10 nitrogen and oxygen atoms in total. The van der Waals surface area contributed by atoms with Crippen LogP contribution in [-0.2, 0) is 18.9 Å². The first-order valence-electron chi connectivity index (χ1n) is 7.85. The fourth-order valence-electron chi connectivity index (χ4n) is 2.96. The number of rotatable bonds is 6. The molecule has 2 aliphatic heterocycles. The van der Waals surface area contributed by atoms with Crippen molar-refractivity contribution in [3.05, 3.63) is 0 Å². The van der Waals surface area contributed by atoms with E-state index in [1.165, 1.54) is 14.2 Å². The van der Waals surface area contributed by atoms with Crippen molar-refractivity contribution in [1.29, 1.82) is 0 Å². The fourth-order valence-corrected chi connectivity index (χ4v) is 4.58. The van der Waals surface area contributed by atoms with Crippen LogP contribution in [0, 0.1) is 0 Å². The summed E-state index contributed by atoms with van der Waals surface area (Å²) >= 11 is 0.972. The lowest BCUT2D eigenvalue weighted by atomic mass is 10.0. The molecule has 0 bridgehead atoms. The second-order valence-corrected chi connectivity index (χ2v) is 7.31. The van der Waals surface area contributed by atoms with Gasteiger partial charge >= 0.3 is 0 Å². The van der Waals surface area contributed by atoms with Crippen molar-refractivity contribution in [3.63, 3.8) is 0 Å². The highest BCUT2D eigenvalue weighted by atomic mass is 32.2. The quantitative estimate of drug-likeness (QED) is 0.271. The molecule has 11 heteroatoms. The van der Waals surface area contributed by atoms with Crippen molar-refractivity contribution >= 4 is 11.8 Å². The zero-order valence-electron chi connectivity index (χ0n) is 13.9. The molecular weight excluding hydrogens is 360 g/mol. The Kier molecular flexibility index (Phi) is 7.85. The van der Waals surface area contributed by atoms with E-state index in [1.54, 1.807) is 0 Å². The average molecular weight is 386 g/mol. The largest absolute Gasteiger partial charge is 0.394 e. The summed E-state index contributed by atoms with van der Waals surface area (Å²) in [6.07, 6.45) is -9.32. The molecule has 0 aromatic rings. The molecule has 25 heavy (non-hydrogen) atoms. The molecule has 2 heterocycles. The van der Waals surface area contributed by atoms with Crippen LogP contribution in [0.2, 0.25) is 0 Å². The van der Waals surface area contributed by atoms with Crippen LogP contribution in [-0.4, -0.2) is 118 Å². The number of hydrogen-bond acceptors (Lipinski definition) is 11. The Morgan fingerprint density at radius 2 is 1.08 bits per heavy atom. The second-order valence-electron chi connectivity index (χ2n) is 5.95. The van der Waals surface area contributed by atoms with Gasteiger partial charge in [-0.25, -0.2) is 0 Å². The van der Waals surface area contributed by atoms with Gasteiger partial charge < -0.3 is 49.6 Å². The molecule has 148 valence electrons. The molecule has 0 amide bonds. The van der Waals surface area contributed by atoms with Crippen LogP contribution >= 0.6 is 11.8 Å². The van der Waals surface area contributed by atoms with Gasteiger partial charge in [0.15, 0.2) is 12.6 Å². The van der Waals surface area contributed by atoms with Gasteiger partial charge in [-0.3, -0.25) is 0 Å². The maximum absolute atomic E-state index is 10.4. The summed E-state index contributed by atoms with van der Waals surface area (Å²) in [5.41, 5.74) is 0. The third-order valence-electron chi connectivity index (χ3n) is 4.43. The highest BCUT2D eigenvalue weighted by Crippen LogP contribution is 2.39. The van der Waals surface area contributed by atoms with Crippen molar-refractivity contribution in [2.75, 3.05) is 27.4 Å². The normalized spacial score (nSPS) is 48.5. The topological polar surface area (TPSA) is 158 Å². The molecule has 0 radical (unpaired) electrons. The van der Waals surface area contributed by atoms with Crippen molar-refractivity contribution in [1.82, 2.24) is 0 Å². The van der Waals surface area contributed by atoms with E-state index in [0.29, 0.717) is 0 Å². The minimum Gasteiger partial charge on any atom is -0.394 e. The van der Waals surface area contributed by atoms with Gasteiger partial charge in [0.1, 0.15) is 24.4 Å². The van der Waals surface area contributed by atoms with Gasteiger partial charge in [0.25, 0.3) is 0 Å². The molecule has 2 fully saturated rings. The summed E-state index contributed by atoms with van der Waals surface area (Å²) in [4.78, 5) is 0. The monoisotopic (exact) mass is 386 g/mol. The molecule has 0 aliphatic carbocycles. The van der Waals surface area contributed by atoms with E-state index < -0.39 is 72.9 Å². The van der Waals surface area contributed by atoms with Crippen molar-refractivity contribution < 1.29 is 49.6 Å². The Hall–Kier alpha value is -0.0500. The van der Waals surface area contributed by atoms with E-state index in [9.17, 15) is 30.6 Å². The van der Waals surface area contributed by atoms with E-state index in [2.05, 4.69) is 0 Å². The van der Waals surface area contributed by atoms with Crippen LogP contribution in [0.4, 0.5) is 0 Å². The lowest BCUT2D eigenvalue weighted by Gasteiger charge is -2.46. The molecule has 0 unspecified atom stereocenters. The summed E-state index contributed by atoms with van der Waals surface area (Å²) in [5.74, 6) is 0. The lowest BCUT2D eigenvalue weighted by Crippen LogP contribution is -2.62. The average Bonchev–Trinajstić information content (AvgIpc) is 2.63. The molecular formula is C14H26O10S. The first-order valence-corrected chi connectivity index (χ1v) is 8.79. The van der Waals surface area contributed by atoms with Gasteiger partial charge in [0, 0.05) is 14.2 Å². The maximum atomic E-state index is 10.4. The van der Waals surface area contributed by atoms with Gasteiger partial charge in [-0.05, 0) is 0 Å². The lowest BCUT2D eigenvalue weighted by molar-refractivity contribution is -0.250. The predicted octanol–water partition coefficient (Wildman–Crippen LogP) is -3.37. The minimum atomic E-state index is -1.35. The van der Waals surface area contributed by atoms with E-state index in [1.807, 2.05) is 0 Å². The summed E-state index contributed by atoms with van der Waals surface area (Å²) in [6.45, 7) is -0.996. The molecule has 0 aromatic carbocycles. The minimum absolute atomic E-state index is 0.498. The summed E-state index contributed by atoms with van der Waals surface area (Å²) < 4.78 is 21.2. The number of aliphatic hydroxyl groups excluding tert-OH is 6. The molecule has 2 rings (SSSR count). The van der Waals surface area contributed by atoms with E-state index in [4.69, 9.17) is 18.9 Å². The SMILES string of the molecule is CO[C@@H]1O[C@H](CO)[C@@H](O)[C@H](O)[C@@H]1S[C@@H]1[C@H](OC)O[C@H](CO)[C@@H](O)[C@@H]1O. The van der Waals surface area contributed by atoms with E-state index in [-0.39, 0.29) is 0 Å². The van der Waals surface area contributed by atoms with E-state index in [0.717, 1.165) is 11.8 Å². The standard InChI is InChI=1S/C14H26O10S/c1-21-13-11(9(19)7(17)5(3-15)23-13)25-12-10(20)8(18)6(4-16)24-14(12)22-2/h5-20H,3-4H2,1-2H3/t5-,6-,7-,8-,9+,10+,11+,12+,13-,14-/m1/s1. The highest BCUT2D eigenvalue weighted by Gasteiger charge is 2.51. The van der Waals surface area contributed by atoms with Crippen molar-refractivity contribution in [3.8, 4) is 0 Å². The van der Waals surface area contributed by atoms with Gasteiger partial charge in [0.2, 0.25) is 0 Å². The molecule has 2 saturated heterocycles. The zero-order chi connectivity index (χ0) is 18.7. The van der Waals surface area contributed by atoms with Crippen LogP contribution in [0.25, 0.3) is 0 Å². The second kappa shape index (κ2) is 9.24. The highest BCUT2D eigenvalue weighted by molar-refractivity contribution is 8.00. The van der Waals surface area contributed by atoms with Gasteiger partial charge in [0.05, 0.1) is 35.9 Å². The maximum Gasteiger partial charge on any atom is 0.172 e. The first kappa shape index (κ1) is 21.3. The Morgan fingerprint density at radius 3 is 1.36 bits per heavy atom. The number of ether oxygens (including phenoxy) is 4. The number of thioether (sulfide) groups is 1. The summed E-state index contributed by atoms with van der Waals surface area (Å²) in [7, 11) is 2.69. The van der Waals surface area contributed by atoms with Gasteiger partial charge in [-0.1, -0.05) is 0 Å². The van der Waals surface area contributed by atoms with Crippen LogP contribution in [0.15, 0.2) is 0 Å². The van der Waals surface area contributed by atoms with Crippen molar-refractivity contribution in [2.24, 2.45) is 0 Å². The Labute approximate surface area is 149 Å². The molecule has 10 atom stereocenters. The first-order chi connectivity index (χ1) is 11.9. The predicted molar refractivity (Wildman–Crippen MR) is 84.7 cm³/mol. The number of hydrogen-bond donors (Lipinski definition) is 6. The molecule has 2 aliphatic rings. The van der Waals surface area contributed by atoms with Crippen LogP contribution in [0.3, 0.4) is 0 Å². The third kappa shape index (κ3) is 4.28. The summed E-state index contributed by atoms with van der Waals surface area (Å²) in [5, 5.41) is 57.6. The van der Waals surface area contributed by atoms with Crippen LogP contribution in [0.5, 0.6) is 0 Å². The third-order valence-corrected chi connectivity index (χ3v) is 6.06. The Morgan fingerprint density at radius 1 is 0.720 bits per heavy atom. The molecule has 0 saturated carbocycles. The van der Waals surface area contributed by atoms with E-state index >= 15 is 0 Å². The Bertz CT molecular complexity index is 375. The Balaban J connectivity index is 2.17.